The average Bonchev–Trinajstić information content (AvgIpc) is 2.97. The number of methoxy groups -OCH3 is 1. The second-order valence-electron chi connectivity index (χ2n) is 5.19. The number of non-ortho nitro benzene ring substituents is 1. The zero-order chi connectivity index (χ0) is 18.0. The molecule has 1 aliphatic heterocycles. The lowest BCUT2D eigenvalue weighted by atomic mass is 10.1. The molecule has 2 aromatic rings. The lowest BCUT2D eigenvalue weighted by molar-refractivity contribution is -0.384. The minimum Gasteiger partial charge on any atom is -0.497 e. The predicted octanol–water partition coefficient (Wildman–Crippen LogP) is 4.24. The van der Waals surface area contributed by atoms with Gasteiger partial charge in [0.15, 0.2) is 0 Å². The van der Waals surface area contributed by atoms with Crippen LogP contribution < -0.4 is 4.74 Å². The predicted molar refractivity (Wildman–Crippen MR) is 93.1 cm³/mol. The normalized spacial score (nSPS) is 15.0. The molecule has 0 unspecified atom stereocenters. The Morgan fingerprint density at radius 2 is 1.92 bits per heavy atom. The molecule has 0 atom stereocenters. The summed E-state index contributed by atoms with van der Waals surface area (Å²) >= 11 is 6.06. The molecule has 126 valence electrons. The molecular weight excluding hydrogens is 346 g/mol. The highest BCUT2D eigenvalue weighted by molar-refractivity contribution is 6.32. The summed E-state index contributed by atoms with van der Waals surface area (Å²) in [5.74, 6) is 0.529. The number of halogens is 1. The zero-order valence-corrected chi connectivity index (χ0v) is 13.8. The van der Waals surface area contributed by atoms with Crippen LogP contribution in [0, 0.1) is 10.1 Å². The largest absolute Gasteiger partial charge is 0.497 e. The van der Waals surface area contributed by atoms with E-state index in [4.69, 9.17) is 21.1 Å². The monoisotopic (exact) mass is 357 g/mol. The van der Waals surface area contributed by atoms with E-state index < -0.39 is 10.9 Å². The van der Waals surface area contributed by atoms with Gasteiger partial charge in [-0.25, -0.2) is 4.79 Å². The molecule has 0 N–H and O–H groups in total. The highest BCUT2D eigenvalue weighted by atomic mass is 35.5. The standard InChI is InChI=1S/C18H12ClNO5/c1-24-15-5-2-11(3-6-15)17-10-13(18(21)25-17)8-12-9-14(20(22)23)4-7-16(12)19/h2-10H,1H3/b13-8-. The van der Waals surface area contributed by atoms with Gasteiger partial charge < -0.3 is 9.47 Å². The maximum Gasteiger partial charge on any atom is 0.343 e. The van der Waals surface area contributed by atoms with E-state index in [0.29, 0.717) is 27.7 Å². The molecule has 0 fully saturated rings. The number of hydrogen-bond donors (Lipinski definition) is 0. The van der Waals surface area contributed by atoms with Crippen molar-refractivity contribution in [1.29, 1.82) is 0 Å². The van der Waals surface area contributed by atoms with Crippen LogP contribution in [0.1, 0.15) is 11.1 Å². The Kier molecular flexibility index (Phi) is 4.54. The number of nitro benzene ring substituents is 1. The SMILES string of the molecule is COc1ccc(C2=C/C(=C/c3cc([N+](=O)[O-])ccc3Cl)C(=O)O2)cc1. The quantitative estimate of drug-likeness (QED) is 0.354. The lowest BCUT2D eigenvalue weighted by Crippen LogP contribution is -1.97. The van der Waals surface area contributed by atoms with Crippen molar-refractivity contribution in [3.05, 3.63) is 80.4 Å². The van der Waals surface area contributed by atoms with Crippen LogP contribution in [0.15, 0.2) is 54.1 Å². The van der Waals surface area contributed by atoms with Crippen molar-refractivity contribution >= 4 is 35.1 Å². The molecule has 0 amide bonds. The summed E-state index contributed by atoms with van der Waals surface area (Å²) in [4.78, 5) is 22.4. The van der Waals surface area contributed by atoms with Gasteiger partial charge in [-0.05, 0) is 42.5 Å². The number of nitro groups is 1. The molecule has 1 aliphatic rings. The number of nitrogens with zero attached hydrogens (tertiary/aromatic N) is 1. The van der Waals surface area contributed by atoms with Gasteiger partial charge in [-0.1, -0.05) is 11.6 Å². The molecule has 0 aliphatic carbocycles. The highest BCUT2D eigenvalue weighted by Crippen LogP contribution is 2.30. The van der Waals surface area contributed by atoms with Crippen molar-refractivity contribution in [2.24, 2.45) is 0 Å². The van der Waals surface area contributed by atoms with Gasteiger partial charge >= 0.3 is 5.97 Å². The molecule has 2 aromatic carbocycles. The van der Waals surface area contributed by atoms with Crippen LogP contribution in [0.3, 0.4) is 0 Å². The summed E-state index contributed by atoms with van der Waals surface area (Å²) in [5.41, 5.74) is 1.23. The summed E-state index contributed by atoms with van der Waals surface area (Å²) in [5, 5.41) is 11.2. The van der Waals surface area contributed by atoms with Gasteiger partial charge in [0, 0.05) is 28.3 Å². The molecule has 0 saturated heterocycles. The molecule has 7 heteroatoms. The molecular formula is C18H12ClNO5. The van der Waals surface area contributed by atoms with Crippen LogP contribution in [0.5, 0.6) is 5.75 Å². The molecule has 0 bridgehead atoms. The summed E-state index contributed by atoms with van der Waals surface area (Å²) in [6, 6.07) is 11.1. The molecule has 1 heterocycles. The van der Waals surface area contributed by atoms with Gasteiger partial charge in [-0.15, -0.1) is 0 Å². The lowest BCUT2D eigenvalue weighted by Gasteiger charge is -2.03. The Morgan fingerprint density at radius 3 is 2.56 bits per heavy atom. The smallest absolute Gasteiger partial charge is 0.343 e. The number of esters is 1. The Labute approximate surface area is 148 Å². The molecule has 6 nitrogen and oxygen atoms in total. The van der Waals surface area contributed by atoms with Gasteiger partial charge in [0.2, 0.25) is 0 Å². The van der Waals surface area contributed by atoms with Crippen molar-refractivity contribution in [3.63, 3.8) is 0 Å². The minimum absolute atomic E-state index is 0.109. The van der Waals surface area contributed by atoms with E-state index in [1.54, 1.807) is 37.5 Å². The fraction of sp³-hybridized carbons (Fsp3) is 0.0556. The van der Waals surface area contributed by atoms with Crippen molar-refractivity contribution in [2.75, 3.05) is 7.11 Å². The topological polar surface area (TPSA) is 78.7 Å². The van der Waals surface area contributed by atoms with E-state index in [9.17, 15) is 14.9 Å². The third-order valence-corrected chi connectivity index (χ3v) is 3.95. The number of benzene rings is 2. The average molecular weight is 358 g/mol. The van der Waals surface area contributed by atoms with Gasteiger partial charge in [-0.3, -0.25) is 10.1 Å². The van der Waals surface area contributed by atoms with Gasteiger partial charge in [0.25, 0.3) is 5.69 Å². The fourth-order valence-electron chi connectivity index (χ4n) is 2.31. The van der Waals surface area contributed by atoms with Crippen molar-refractivity contribution < 1.29 is 19.2 Å². The minimum atomic E-state index is -0.548. The van der Waals surface area contributed by atoms with Crippen molar-refractivity contribution in [1.82, 2.24) is 0 Å². The maximum absolute atomic E-state index is 12.1. The first-order chi connectivity index (χ1) is 12.0. The summed E-state index contributed by atoms with van der Waals surface area (Å²) in [6.07, 6.45) is 3.04. The van der Waals surface area contributed by atoms with E-state index >= 15 is 0 Å². The van der Waals surface area contributed by atoms with Gasteiger partial charge in [-0.2, -0.15) is 0 Å². The third-order valence-electron chi connectivity index (χ3n) is 3.60. The third kappa shape index (κ3) is 3.54. The molecule has 0 spiro atoms. The number of carbonyl (C=O) groups is 1. The van der Waals surface area contributed by atoms with Crippen molar-refractivity contribution in [2.45, 2.75) is 0 Å². The number of carbonyl (C=O) groups excluding carboxylic acids is 1. The van der Waals surface area contributed by atoms with E-state index in [2.05, 4.69) is 0 Å². The van der Waals surface area contributed by atoms with Crippen LogP contribution in [0.25, 0.3) is 11.8 Å². The first-order valence-corrected chi connectivity index (χ1v) is 7.59. The number of hydrogen-bond acceptors (Lipinski definition) is 5. The zero-order valence-electron chi connectivity index (χ0n) is 13.1. The fourth-order valence-corrected chi connectivity index (χ4v) is 2.48. The van der Waals surface area contributed by atoms with Crippen LogP contribution in [-0.4, -0.2) is 18.0 Å². The summed E-state index contributed by atoms with van der Waals surface area (Å²) in [7, 11) is 1.56. The first-order valence-electron chi connectivity index (χ1n) is 7.22. The van der Waals surface area contributed by atoms with Crippen LogP contribution >= 0.6 is 11.6 Å². The summed E-state index contributed by atoms with van der Waals surface area (Å²) < 4.78 is 10.3. The molecule has 0 aromatic heterocycles. The van der Waals surface area contributed by atoms with E-state index in [1.807, 2.05) is 0 Å². The second kappa shape index (κ2) is 6.78. The summed E-state index contributed by atoms with van der Waals surface area (Å²) in [6.45, 7) is 0. The molecule has 0 saturated carbocycles. The first kappa shape index (κ1) is 16.7. The maximum atomic E-state index is 12.1. The van der Waals surface area contributed by atoms with E-state index in [-0.39, 0.29) is 11.3 Å². The Bertz CT molecular complexity index is 916. The van der Waals surface area contributed by atoms with Crippen LogP contribution in [-0.2, 0) is 9.53 Å². The van der Waals surface area contributed by atoms with Crippen LogP contribution in [0.4, 0.5) is 5.69 Å². The van der Waals surface area contributed by atoms with E-state index in [0.717, 1.165) is 0 Å². The molecule has 0 radical (unpaired) electrons. The van der Waals surface area contributed by atoms with Gasteiger partial charge in [0.05, 0.1) is 17.6 Å². The Hall–Kier alpha value is -3.12. The van der Waals surface area contributed by atoms with Gasteiger partial charge in [0.1, 0.15) is 11.5 Å². The molecule has 25 heavy (non-hydrogen) atoms. The number of rotatable bonds is 4. The highest BCUT2D eigenvalue weighted by Gasteiger charge is 2.22. The van der Waals surface area contributed by atoms with Crippen LogP contribution in [0.2, 0.25) is 5.02 Å². The Balaban J connectivity index is 1.95. The Morgan fingerprint density at radius 1 is 1.20 bits per heavy atom. The second-order valence-corrected chi connectivity index (χ2v) is 5.60. The van der Waals surface area contributed by atoms with E-state index in [1.165, 1.54) is 24.3 Å². The number of cyclic esters (lactones) is 1. The number of ether oxygens (including phenoxy) is 2. The van der Waals surface area contributed by atoms with Crippen molar-refractivity contribution in [3.8, 4) is 5.75 Å². The molecule has 3 rings (SSSR count).